The van der Waals surface area contributed by atoms with Crippen LogP contribution >= 0.6 is 11.6 Å². The molecule has 0 bridgehead atoms. The van der Waals surface area contributed by atoms with Crippen molar-refractivity contribution in [3.63, 3.8) is 0 Å². The van der Waals surface area contributed by atoms with Crippen molar-refractivity contribution in [1.82, 2.24) is 29.3 Å². The maximum absolute atomic E-state index is 13.4. The number of aromatic nitrogens is 6. The van der Waals surface area contributed by atoms with Gasteiger partial charge in [-0.05, 0) is 76.9 Å². The highest BCUT2D eigenvalue weighted by Gasteiger charge is 2.30. The van der Waals surface area contributed by atoms with E-state index in [9.17, 15) is 14.4 Å². The number of carbonyl (C=O) groups is 2. The van der Waals surface area contributed by atoms with Gasteiger partial charge in [0, 0.05) is 53.6 Å². The lowest BCUT2D eigenvalue weighted by Crippen LogP contribution is -2.28. The topological polar surface area (TPSA) is 105 Å². The third-order valence-electron chi connectivity index (χ3n) is 7.22. The minimum Gasteiger partial charge on any atom is -0.341 e. The highest BCUT2D eigenvalue weighted by atomic mass is 35.5. The molecule has 38 heavy (non-hydrogen) atoms. The molecular weight excluding hydrogens is 504 g/mol. The second-order valence-corrected chi connectivity index (χ2v) is 10.0. The first kappa shape index (κ1) is 24.0. The normalized spacial score (nSPS) is 14.7. The Morgan fingerprint density at radius 2 is 1.92 bits per heavy atom. The third-order valence-corrected chi connectivity index (χ3v) is 7.45. The molecule has 9 nitrogen and oxygen atoms in total. The Balaban J connectivity index is 1.31. The molecule has 6 rings (SSSR count). The maximum Gasteiger partial charge on any atom is 0.252 e. The minimum absolute atomic E-state index is 0.00881. The molecule has 3 aromatic heterocycles. The Bertz CT molecular complexity index is 1800. The first-order valence-corrected chi connectivity index (χ1v) is 12.6. The number of ketones is 2. The Morgan fingerprint density at radius 3 is 2.68 bits per heavy atom. The van der Waals surface area contributed by atoms with Crippen LogP contribution in [0.1, 0.15) is 41.1 Å². The van der Waals surface area contributed by atoms with E-state index in [4.69, 9.17) is 11.6 Å². The van der Waals surface area contributed by atoms with Gasteiger partial charge in [-0.2, -0.15) is 4.68 Å². The highest BCUT2D eigenvalue weighted by Crippen LogP contribution is 2.33. The van der Waals surface area contributed by atoms with Gasteiger partial charge in [0.25, 0.3) is 5.56 Å². The van der Waals surface area contributed by atoms with E-state index < -0.39 is 6.04 Å². The number of rotatable bonds is 6. The van der Waals surface area contributed by atoms with Crippen LogP contribution in [0, 0.1) is 0 Å². The van der Waals surface area contributed by atoms with Gasteiger partial charge < -0.3 is 9.13 Å². The van der Waals surface area contributed by atoms with Gasteiger partial charge in [0.2, 0.25) is 0 Å². The summed E-state index contributed by atoms with van der Waals surface area (Å²) in [5.74, 6) is -0.0247. The van der Waals surface area contributed by atoms with E-state index in [1.165, 1.54) is 17.1 Å². The number of hydrogen-bond donors (Lipinski definition) is 0. The van der Waals surface area contributed by atoms with Crippen LogP contribution in [0.15, 0.2) is 65.7 Å². The lowest BCUT2D eigenvalue weighted by molar-refractivity contribution is -0.121. The molecule has 4 heterocycles. The molecule has 0 aliphatic carbocycles. The summed E-state index contributed by atoms with van der Waals surface area (Å²) in [6, 6.07) is 15.9. The number of aryl methyl sites for hydroxylation is 2. The quantitative estimate of drug-likeness (QED) is 0.308. The van der Waals surface area contributed by atoms with Crippen molar-refractivity contribution in [2.75, 3.05) is 0 Å². The lowest BCUT2D eigenvalue weighted by atomic mass is 10.0. The number of benzene rings is 2. The van der Waals surface area contributed by atoms with Gasteiger partial charge in [0.1, 0.15) is 6.33 Å². The van der Waals surface area contributed by atoms with E-state index >= 15 is 0 Å². The summed E-state index contributed by atoms with van der Waals surface area (Å²) in [5, 5.41) is 12.8. The summed E-state index contributed by atoms with van der Waals surface area (Å²) < 4.78 is 4.99. The second-order valence-electron chi connectivity index (χ2n) is 9.59. The number of halogens is 1. The van der Waals surface area contributed by atoms with E-state index in [-0.39, 0.29) is 23.5 Å². The summed E-state index contributed by atoms with van der Waals surface area (Å²) in [4.78, 5) is 38.6. The van der Waals surface area contributed by atoms with Crippen LogP contribution in [0.3, 0.4) is 0 Å². The van der Waals surface area contributed by atoms with Crippen LogP contribution < -0.4 is 5.56 Å². The number of pyridine rings is 1. The SMILES string of the molecule is CC(=O)c1cc2cc(CC(=O)C3CCc4cc(-c5cc(Cl)ccc5-n5cnnn5)cc(=O)n43)ccc2n1C. The molecule has 0 spiro atoms. The van der Waals surface area contributed by atoms with Crippen molar-refractivity contribution in [3.8, 4) is 16.8 Å². The number of carbonyl (C=O) groups excluding carboxylic acids is 2. The number of tetrazole rings is 1. The summed E-state index contributed by atoms with van der Waals surface area (Å²) in [7, 11) is 1.86. The molecule has 190 valence electrons. The molecule has 0 radical (unpaired) electrons. The van der Waals surface area contributed by atoms with Crippen molar-refractivity contribution in [3.05, 3.63) is 93.3 Å². The first-order chi connectivity index (χ1) is 18.3. The predicted molar refractivity (Wildman–Crippen MR) is 143 cm³/mol. The molecule has 1 aliphatic rings. The standard InChI is InChI=1S/C28H23ClN6O3/c1-16(36)26-12-19-9-17(3-6-23(19)33(26)2)10-27(37)25-8-5-21-11-18(13-28(38)35(21)25)22-14-20(29)4-7-24(22)34-15-30-31-32-34/h3-4,6-7,9,11-15,25H,5,8,10H2,1-2H3. The number of hydrogen-bond acceptors (Lipinski definition) is 6. The fourth-order valence-corrected chi connectivity index (χ4v) is 5.60. The van der Waals surface area contributed by atoms with Gasteiger partial charge in [-0.15, -0.1) is 5.10 Å². The largest absolute Gasteiger partial charge is 0.341 e. The van der Waals surface area contributed by atoms with E-state index in [1.54, 1.807) is 29.7 Å². The van der Waals surface area contributed by atoms with Crippen LogP contribution in [-0.4, -0.2) is 40.9 Å². The van der Waals surface area contributed by atoms with Crippen molar-refractivity contribution in [2.45, 2.75) is 32.2 Å². The number of fused-ring (bicyclic) bond motifs is 2. The Hall–Kier alpha value is -4.37. The minimum atomic E-state index is -0.524. The second kappa shape index (κ2) is 9.18. The zero-order chi connectivity index (χ0) is 26.6. The van der Waals surface area contributed by atoms with Gasteiger partial charge >= 0.3 is 0 Å². The summed E-state index contributed by atoms with van der Waals surface area (Å²) >= 11 is 6.28. The smallest absolute Gasteiger partial charge is 0.252 e. The molecule has 1 unspecified atom stereocenters. The molecule has 5 aromatic rings. The van der Waals surface area contributed by atoms with Crippen molar-refractivity contribution < 1.29 is 9.59 Å². The highest BCUT2D eigenvalue weighted by molar-refractivity contribution is 6.31. The monoisotopic (exact) mass is 526 g/mol. The summed E-state index contributed by atoms with van der Waals surface area (Å²) in [5.41, 5.74) is 5.09. The Labute approximate surface area is 222 Å². The predicted octanol–water partition coefficient (Wildman–Crippen LogP) is 4.14. The maximum atomic E-state index is 13.4. The summed E-state index contributed by atoms with van der Waals surface area (Å²) in [6.07, 6.45) is 2.86. The first-order valence-electron chi connectivity index (χ1n) is 12.2. The zero-order valence-corrected chi connectivity index (χ0v) is 21.5. The van der Waals surface area contributed by atoms with Gasteiger partial charge in [0.05, 0.1) is 17.4 Å². The molecule has 1 aliphatic heterocycles. The number of nitrogens with zero attached hydrogens (tertiary/aromatic N) is 6. The van der Waals surface area contributed by atoms with Crippen molar-refractivity contribution >= 4 is 34.1 Å². The van der Waals surface area contributed by atoms with Crippen LogP contribution in [-0.2, 0) is 24.7 Å². The van der Waals surface area contributed by atoms with Crippen molar-refractivity contribution in [1.29, 1.82) is 0 Å². The third kappa shape index (κ3) is 4.05. The van der Waals surface area contributed by atoms with Crippen LogP contribution in [0.25, 0.3) is 27.7 Å². The summed E-state index contributed by atoms with van der Waals surface area (Å²) in [6.45, 7) is 1.54. The molecule has 2 aromatic carbocycles. The van der Waals surface area contributed by atoms with Crippen molar-refractivity contribution in [2.24, 2.45) is 7.05 Å². The van der Waals surface area contributed by atoms with Crippen LogP contribution in [0.2, 0.25) is 5.02 Å². The average Bonchev–Trinajstić information content (AvgIpc) is 3.63. The molecule has 0 saturated heterocycles. The van der Waals surface area contributed by atoms with E-state index in [0.29, 0.717) is 34.8 Å². The fraction of sp³-hybridized carbons (Fsp3) is 0.214. The van der Waals surface area contributed by atoms with Gasteiger partial charge in [-0.25, -0.2) is 0 Å². The molecule has 0 amide bonds. The molecular formula is C28H23ClN6O3. The van der Waals surface area contributed by atoms with Gasteiger partial charge in [-0.1, -0.05) is 17.7 Å². The number of Topliss-reactive ketones (excluding diaryl/α,β-unsaturated/α-hetero) is 2. The average molecular weight is 527 g/mol. The Morgan fingerprint density at radius 1 is 1.08 bits per heavy atom. The van der Waals surface area contributed by atoms with Gasteiger partial charge in [-0.3, -0.25) is 14.4 Å². The van der Waals surface area contributed by atoms with Crippen LogP contribution in [0.4, 0.5) is 0 Å². The van der Waals surface area contributed by atoms with Crippen LogP contribution in [0.5, 0.6) is 0 Å². The molecule has 0 fully saturated rings. The van der Waals surface area contributed by atoms with Gasteiger partial charge in [0.15, 0.2) is 11.6 Å². The molecule has 0 N–H and O–H groups in total. The lowest BCUT2D eigenvalue weighted by Gasteiger charge is -2.16. The molecule has 1 atom stereocenters. The van der Waals surface area contributed by atoms with E-state index in [1.807, 2.05) is 41.9 Å². The van der Waals surface area contributed by atoms with E-state index in [0.717, 1.165) is 27.7 Å². The fourth-order valence-electron chi connectivity index (χ4n) is 5.43. The zero-order valence-electron chi connectivity index (χ0n) is 20.8. The molecule has 0 saturated carbocycles. The Kier molecular flexibility index (Phi) is 5.80. The molecule has 10 heteroatoms. The van der Waals surface area contributed by atoms with E-state index in [2.05, 4.69) is 15.5 Å².